The van der Waals surface area contributed by atoms with Crippen LogP contribution in [0.1, 0.15) is 27.4 Å². The van der Waals surface area contributed by atoms with Gasteiger partial charge < -0.3 is 5.32 Å². The Labute approximate surface area is 157 Å². The van der Waals surface area contributed by atoms with Crippen molar-refractivity contribution in [2.75, 3.05) is 12.3 Å². The van der Waals surface area contributed by atoms with Crippen LogP contribution in [0.4, 0.5) is 0 Å². The Kier molecular flexibility index (Phi) is 5.46. The zero-order valence-corrected chi connectivity index (χ0v) is 16.3. The van der Waals surface area contributed by atoms with Crippen LogP contribution in [-0.2, 0) is 7.05 Å². The van der Waals surface area contributed by atoms with E-state index in [1.54, 1.807) is 17.8 Å². The number of thioether (sulfide) groups is 1. The summed E-state index contributed by atoms with van der Waals surface area (Å²) in [5, 5.41) is 14.4. The summed E-state index contributed by atoms with van der Waals surface area (Å²) in [4.78, 5) is 13.5. The molecule has 136 valence electrons. The molecule has 0 spiro atoms. The molecule has 0 aliphatic carbocycles. The van der Waals surface area contributed by atoms with Crippen molar-refractivity contribution in [1.29, 1.82) is 0 Å². The molecule has 2 N–H and O–H groups in total. The number of carbonyl (C=O) groups is 1. The quantitative estimate of drug-likeness (QED) is 0.517. The van der Waals surface area contributed by atoms with Crippen LogP contribution in [0.3, 0.4) is 0 Å². The van der Waals surface area contributed by atoms with E-state index < -0.39 is 0 Å². The van der Waals surface area contributed by atoms with E-state index in [0.717, 1.165) is 28.4 Å². The van der Waals surface area contributed by atoms with Gasteiger partial charge in [0.05, 0.1) is 11.4 Å². The van der Waals surface area contributed by atoms with Gasteiger partial charge in [-0.2, -0.15) is 10.2 Å². The van der Waals surface area contributed by atoms with Crippen LogP contribution < -0.4 is 5.32 Å². The third kappa shape index (κ3) is 3.99. The molecule has 0 aliphatic rings. The molecule has 0 aliphatic heterocycles. The summed E-state index contributed by atoms with van der Waals surface area (Å²) in [5.41, 5.74) is 5.35. The van der Waals surface area contributed by atoms with Gasteiger partial charge in [-0.3, -0.25) is 14.6 Å². The molecule has 0 saturated carbocycles. The summed E-state index contributed by atoms with van der Waals surface area (Å²) in [6.07, 6.45) is 0. The molecule has 1 amide bonds. The highest BCUT2D eigenvalue weighted by atomic mass is 32.2. The van der Waals surface area contributed by atoms with Crippen LogP contribution in [0, 0.1) is 20.8 Å². The molecule has 0 bridgehead atoms. The smallest absolute Gasteiger partial charge is 0.269 e. The summed E-state index contributed by atoms with van der Waals surface area (Å²) >= 11 is 1.72. The SMILES string of the molecule is Cc1ccc(SCCNC(=O)c2cc(-c3c(C)nn(C)c3C)n[nH]2)cc1. The van der Waals surface area contributed by atoms with Gasteiger partial charge in [0.25, 0.3) is 5.91 Å². The number of carbonyl (C=O) groups excluding carboxylic acids is 1. The van der Waals surface area contributed by atoms with Crippen LogP contribution >= 0.6 is 11.8 Å². The van der Waals surface area contributed by atoms with E-state index >= 15 is 0 Å². The summed E-state index contributed by atoms with van der Waals surface area (Å²) < 4.78 is 1.82. The molecule has 0 fully saturated rings. The number of rotatable bonds is 6. The number of hydrogen-bond acceptors (Lipinski definition) is 4. The number of hydrogen-bond donors (Lipinski definition) is 2. The number of aryl methyl sites for hydroxylation is 3. The molecule has 26 heavy (non-hydrogen) atoms. The van der Waals surface area contributed by atoms with Gasteiger partial charge in [0, 0.05) is 35.5 Å². The van der Waals surface area contributed by atoms with Crippen LogP contribution in [0.25, 0.3) is 11.3 Å². The second-order valence-electron chi connectivity index (χ2n) is 6.25. The normalized spacial score (nSPS) is 10.9. The fourth-order valence-electron chi connectivity index (χ4n) is 2.77. The number of nitrogens with one attached hydrogen (secondary N) is 2. The summed E-state index contributed by atoms with van der Waals surface area (Å²) in [6, 6.07) is 10.2. The molecule has 3 aromatic rings. The van der Waals surface area contributed by atoms with Gasteiger partial charge in [0.15, 0.2) is 0 Å². The van der Waals surface area contributed by atoms with E-state index in [-0.39, 0.29) is 5.91 Å². The third-order valence-electron chi connectivity index (χ3n) is 4.26. The molecule has 7 heteroatoms. The Morgan fingerprint density at radius 3 is 2.62 bits per heavy atom. The molecule has 2 heterocycles. The number of amides is 1. The lowest BCUT2D eigenvalue weighted by Crippen LogP contribution is -2.26. The molecule has 1 aromatic carbocycles. The Morgan fingerprint density at radius 2 is 1.96 bits per heavy atom. The minimum atomic E-state index is -0.146. The molecule has 0 radical (unpaired) electrons. The number of aromatic amines is 1. The first-order valence-corrected chi connectivity index (χ1v) is 9.48. The van der Waals surface area contributed by atoms with Crippen LogP contribution in [0.2, 0.25) is 0 Å². The van der Waals surface area contributed by atoms with Gasteiger partial charge in [-0.15, -0.1) is 11.8 Å². The van der Waals surface area contributed by atoms with Gasteiger partial charge in [0.1, 0.15) is 5.69 Å². The summed E-state index contributed by atoms with van der Waals surface area (Å²) in [5.74, 6) is 0.670. The monoisotopic (exact) mass is 369 g/mol. The molecule has 0 unspecified atom stereocenters. The highest BCUT2D eigenvalue weighted by molar-refractivity contribution is 7.99. The van der Waals surface area contributed by atoms with Crippen LogP contribution in [-0.4, -0.2) is 38.2 Å². The number of nitrogens with zero attached hydrogens (tertiary/aromatic N) is 3. The van der Waals surface area contributed by atoms with Crippen molar-refractivity contribution in [2.45, 2.75) is 25.7 Å². The van der Waals surface area contributed by atoms with Gasteiger partial charge in [-0.05, 0) is 39.0 Å². The van der Waals surface area contributed by atoms with E-state index in [0.29, 0.717) is 12.2 Å². The maximum absolute atomic E-state index is 12.3. The standard InChI is InChI=1S/C19H23N5OS/c1-12-5-7-15(8-6-12)26-10-9-20-19(25)17-11-16(21-22-17)18-13(2)23-24(4)14(18)3/h5-8,11H,9-10H2,1-4H3,(H,20,25)(H,21,22). The largest absolute Gasteiger partial charge is 0.350 e. The van der Waals surface area contributed by atoms with Crippen molar-refractivity contribution in [3.63, 3.8) is 0 Å². The first kappa shape index (κ1) is 18.3. The Bertz CT molecular complexity index is 911. The molecule has 6 nitrogen and oxygen atoms in total. The predicted octanol–water partition coefficient (Wildman–Crippen LogP) is 3.26. The van der Waals surface area contributed by atoms with E-state index in [4.69, 9.17) is 0 Å². The molecule has 0 atom stereocenters. The zero-order chi connectivity index (χ0) is 18.7. The van der Waals surface area contributed by atoms with Crippen molar-refractivity contribution in [3.05, 3.63) is 53.0 Å². The van der Waals surface area contributed by atoms with E-state index in [1.165, 1.54) is 10.5 Å². The van der Waals surface area contributed by atoms with E-state index in [9.17, 15) is 4.79 Å². The lowest BCUT2D eigenvalue weighted by Gasteiger charge is -2.04. The second-order valence-corrected chi connectivity index (χ2v) is 7.42. The second kappa shape index (κ2) is 7.78. The maximum atomic E-state index is 12.3. The van der Waals surface area contributed by atoms with Gasteiger partial charge in [0.2, 0.25) is 0 Å². The molecule has 3 rings (SSSR count). The first-order valence-electron chi connectivity index (χ1n) is 8.49. The van der Waals surface area contributed by atoms with Gasteiger partial charge >= 0.3 is 0 Å². The van der Waals surface area contributed by atoms with E-state index in [2.05, 4.69) is 51.8 Å². The van der Waals surface area contributed by atoms with Crippen LogP contribution in [0.15, 0.2) is 35.2 Å². The topological polar surface area (TPSA) is 75.6 Å². The zero-order valence-electron chi connectivity index (χ0n) is 15.5. The van der Waals surface area contributed by atoms with Gasteiger partial charge in [-0.25, -0.2) is 0 Å². The maximum Gasteiger partial charge on any atom is 0.269 e. The number of benzene rings is 1. The predicted molar refractivity (Wildman–Crippen MR) is 104 cm³/mol. The Hall–Kier alpha value is -2.54. The van der Waals surface area contributed by atoms with Gasteiger partial charge in [-0.1, -0.05) is 17.7 Å². The number of H-pyrrole nitrogens is 1. The highest BCUT2D eigenvalue weighted by Gasteiger charge is 2.16. The van der Waals surface area contributed by atoms with Crippen molar-refractivity contribution in [2.24, 2.45) is 7.05 Å². The van der Waals surface area contributed by atoms with Crippen molar-refractivity contribution < 1.29 is 4.79 Å². The fourth-order valence-corrected chi connectivity index (χ4v) is 3.54. The first-order chi connectivity index (χ1) is 12.5. The average Bonchev–Trinajstić information content (AvgIpc) is 3.18. The van der Waals surface area contributed by atoms with Crippen LogP contribution in [0.5, 0.6) is 0 Å². The molecular formula is C19H23N5OS. The lowest BCUT2D eigenvalue weighted by molar-refractivity contribution is 0.0951. The molecule has 0 saturated heterocycles. The van der Waals surface area contributed by atoms with Crippen molar-refractivity contribution in [1.82, 2.24) is 25.3 Å². The fraction of sp³-hybridized carbons (Fsp3) is 0.316. The third-order valence-corrected chi connectivity index (χ3v) is 5.28. The molecule has 2 aromatic heterocycles. The minimum absolute atomic E-state index is 0.146. The number of aromatic nitrogens is 4. The summed E-state index contributed by atoms with van der Waals surface area (Å²) in [7, 11) is 1.90. The Balaban J connectivity index is 1.56. The van der Waals surface area contributed by atoms with Crippen molar-refractivity contribution >= 4 is 17.7 Å². The Morgan fingerprint density at radius 1 is 1.23 bits per heavy atom. The lowest BCUT2D eigenvalue weighted by atomic mass is 10.1. The van der Waals surface area contributed by atoms with Crippen molar-refractivity contribution in [3.8, 4) is 11.3 Å². The summed E-state index contributed by atoms with van der Waals surface area (Å²) in [6.45, 7) is 6.60. The highest BCUT2D eigenvalue weighted by Crippen LogP contribution is 2.25. The molecular weight excluding hydrogens is 346 g/mol. The average molecular weight is 369 g/mol. The minimum Gasteiger partial charge on any atom is -0.350 e. The van der Waals surface area contributed by atoms with E-state index in [1.807, 2.05) is 25.6 Å².